The topological polar surface area (TPSA) is 64.3 Å². The van der Waals surface area contributed by atoms with Gasteiger partial charge in [0.15, 0.2) is 0 Å². The Hall–Kier alpha value is -0.980. The molecule has 1 amide bonds. The second-order valence-corrected chi connectivity index (χ2v) is 4.71. The lowest BCUT2D eigenvalue weighted by Crippen LogP contribution is -2.26. The Morgan fingerprint density at radius 1 is 1.61 bits per heavy atom. The summed E-state index contributed by atoms with van der Waals surface area (Å²) in [4.78, 5) is 10.4. The highest BCUT2D eigenvalue weighted by molar-refractivity contribution is 9.10. The lowest BCUT2D eigenvalue weighted by atomic mass is 10.1. The molecule has 0 radical (unpaired) electrons. The second kappa shape index (κ2) is 7.45. The summed E-state index contributed by atoms with van der Waals surface area (Å²) in [7, 11) is 0. The molecule has 0 aliphatic rings. The van der Waals surface area contributed by atoms with Crippen LogP contribution in [-0.2, 0) is 9.53 Å². The lowest BCUT2D eigenvalue weighted by Gasteiger charge is -2.15. The van der Waals surface area contributed by atoms with E-state index in [9.17, 15) is 9.18 Å². The lowest BCUT2D eigenvalue weighted by molar-refractivity contribution is -0.122. The van der Waals surface area contributed by atoms with Crippen LogP contribution in [0, 0.1) is 5.82 Å². The van der Waals surface area contributed by atoms with Gasteiger partial charge in [0.25, 0.3) is 0 Å². The fourth-order valence-corrected chi connectivity index (χ4v) is 2.18. The molecule has 0 aliphatic carbocycles. The van der Waals surface area contributed by atoms with Crippen LogP contribution in [0.15, 0.2) is 22.7 Å². The molecule has 0 heterocycles. The van der Waals surface area contributed by atoms with Crippen molar-refractivity contribution in [1.82, 2.24) is 5.32 Å². The Balaban J connectivity index is 2.36. The summed E-state index contributed by atoms with van der Waals surface area (Å²) < 4.78 is 18.7. The van der Waals surface area contributed by atoms with Crippen LogP contribution in [0.3, 0.4) is 0 Å². The SMILES string of the molecule is CC(NCCOCC(N)=O)c1ccc(F)cc1Br. The number of hydrogen-bond acceptors (Lipinski definition) is 3. The highest BCUT2D eigenvalue weighted by Crippen LogP contribution is 2.23. The van der Waals surface area contributed by atoms with Crippen LogP contribution in [-0.4, -0.2) is 25.7 Å². The summed E-state index contributed by atoms with van der Waals surface area (Å²) in [5.74, 6) is -0.757. The third kappa shape index (κ3) is 5.12. The second-order valence-electron chi connectivity index (χ2n) is 3.86. The zero-order chi connectivity index (χ0) is 13.5. The predicted molar refractivity (Wildman–Crippen MR) is 70.5 cm³/mol. The smallest absolute Gasteiger partial charge is 0.243 e. The minimum atomic E-state index is -0.482. The molecule has 100 valence electrons. The van der Waals surface area contributed by atoms with Gasteiger partial charge in [0, 0.05) is 17.1 Å². The number of carbonyl (C=O) groups is 1. The average Bonchev–Trinajstić information content (AvgIpc) is 2.27. The number of hydrogen-bond donors (Lipinski definition) is 2. The van der Waals surface area contributed by atoms with Crippen molar-refractivity contribution in [2.75, 3.05) is 19.8 Å². The van der Waals surface area contributed by atoms with Gasteiger partial charge in [0.05, 0.1) is 6.61 Å². The predicted octanol–water partition coefficient (Wildman–Crippen LogP) is 1.74. The molecule has 0 bridgehead atoms. The highest BCUT2D eigenvalue weighted by Gasteiger charge is 2.09. The largest absolute Gasteiger partial charge is 0.370 e. The Labute approximate surface area is 114 Å². The molecule has 0 fully saturated rings. The molecule has 1 aromatic rings. The first-order valence-corrected chi connectivity index (χ1v) is 6.34. The Morgan fingerprint density at radius 2 is 2.33 bits per heavy atom. The van der Waals surface area contributed by atoms with E-state index in [1.165, 1.54) is 12.1 Å². The molecule has 1 unspecified atom stereocenters. The molecule has 1 rings (SSSR count). The van der Waals surface area contributed by atoms with E-state index in [2.05, 4.69) is 21.2 Å². The molecule has 0 saturated heterocycles. The summed E-state index contributed by atoms with van der Waals surface area (Å²) in [6.45, 7) is 2.87. The molecule has 1 atom stereocenters. The molecule has 0 saturated carbocycles. The van der Waals surface area contributed by atoms with Crippen LogP contribution >= 0.6 is 15.9 Å². The number of ether oxygens (including phenoxy) is 1. The molecular weight excluding hydrogens is 303 g/mol. The standard InChI is InChI=1S/C12H16BrFN2O2/c1-8(16-4-5-18-7-12(15)17)10-3-2-9(14)6-11(10)13/h2-3,6,8,16H,4-5,7H2,1H3,(H2,15,17). The van der Waals surface area contributed by atoms with Gasteiger partial charge in [-0.05, 0) is 24.6 Å². The fraction of sp³-hybridized carbons (Fsp3) is 0.417. The van der Waals surface area contributed by atoms with Gasteiger partial charge in [-0.1, -0.05) is 22.0 Å². The Morgan fingerprint density at radius 3 is 2.94 bits per heavy atom. The van der Waals surface area contributed by atoms with Gasteiger partial charge in [-0.2, -0.15) is 0 Å². The molecule has 1 aromatic carbocycles. The number of carbonyl (C=O) groups excluding carboxylic acids is 1. The van der Waals surface area contributed by atoms with Gasteiger partial charge >= 0.3 is 0 Å². The number of nitrogens with two attached hydrogens (primary N) is 1. The van der Waals surface area contributed by atoms with E-state index in [1.54, 1.807) is 6.07 Å². The first kappa shape index (κ1) is 15.1. The highest BCUT2D eigenvalue weighted by atomic mass is 79.9. The minimum absolute atomic E-state index is 0.0529. The van der Waals surface area contributed by atoms with Crippen molar-refractivity contribution in [1.29, 1.82) is 0 Å². The molecule has 3 N–H and O–H groups in total. The van der Waals surface area contributed by atoms with Crippen molar-refractivity contribution in [3.63, 3.8) is 0 Å². The number of benzene rings is 1. The normalized spacial score (nSPS) is 12.4. The molecular formula is C12H16BrFN2O2. The number of amides is 1. The van der Waals surface area contributed by atoms with Crippen LogP contribution in [0.5, 0.6) is 0 Å². The number of rotatable bonds is 7. The van der Waals surface area contributed by atoms with Gasteiger partial charge < -0.3 is 15.8 Å². The number of nitrogens with one attached hydrogen (secondary N) is 1. The van der Waals surface area contributed by atoms with Gasteiger partial charge in [0.2, 0.25) is 5.91 Å². The van der Waals surface area contributed by atoms with Crippen molar-refractivity contribution in [2.45, 2.75) is 13.0 Å². The number of halogens is 2. The zero-order valence-electron chi connectivity index (χ0n) is 10.1. The third-order valence-corrected chi connectivity index (χ3v) is 3.06. The van der Waals surface area contributed by atoms with Crippen LogP contribution < -0.4 is 11.1 Å². The van der Waals surface area contributed by atoms with Gasteiger partial charge in [0.1, 0.15) is 12.4 Å². The molecule has 6 heteroatoms. The summed E-state index contributed by atoms with van der Waals surface area (Å²) >= 11 is 3.32. The Kier molecular flexibility index (Phi) is 6.24. The van der Waals surface area contributed by atoms with Crippen LogP contribution in [0.4, 0.5) is 4.39 Å². The Bertz CT molecular complexity index is 415. The van der Waals surface area contributed by atoms with E-state index >= 15 is 0 Å². The van der Waals surface area contributed by atoms with E-state index in [0.717, 1.165) is 10.0 Å². The number of primary amides is 1. The summed E-state index contributed by atoms with van der Waals surface area (Å²) in [6, 6.07) is 4.62. The molecule has 0 aliphatic heterocycles. The maximum absolute atomic E-state index is 12.9. The van der Waals surface area contributed by atoms with E-state index in [0.29, 0.717) is 13.2 Å². The summed E-state index contributed by atoms with van der Waals surface area (Å²) in [5.41, 5.74) is 5.90. The van der Waals surface area contributed by atoms with Gasteiger partial charge in [-0.25, -0.2) is 4.39 Å². The van der Waals surface area contributed by atoms with E-state index in [1.807, 2.05) is 6.92 Å². The first-order chi connectivity index (χ1) is 8.50. The summed E-state index contributed by atoms with van der Waals surface area (Å²) in [6.07, 6.45) is 0. The van der Waals surface area contributed by atoms with Crippen molar-refractivity contribution in [3.05, 3.63) is 34.1 Å². The van der Waals surface area contributed by atoms with E-state index < -0.39 is 5.91 Å². The first-order valence-electron chi connectivity index (χ1n) is 5.55. The fourth-order valence-electron chi connectivity index (χ4n) is 1.48. The van der Waals surface area contributed by atoms with Gasteiger partial charge in [-0.3, -0.25) is 4.79 Å². The van der Waals surface area contributed by atoms with Crippen LogP contribution in [0.25, 0.3) is 0 Å². The van der Waals surface area contributed by atoms with Gasteiger partial charge in [-0.15, -0.1) is 0 Å². The molecule has 0 aromatic heterocycles. The zero-order valence-corrected chi connectivity index (χ0v) is 11.7. The molecule has 18 heavy (non-hydrogen) atoms. The summed E-state index contributed by atoms with van der Waals surface area (Å²) in [5, 5.41) is 3.20. The van der Waals surface area contributed by atoms with E-state index in [-0.39, 0.29) is 18.5 Å². The minimum Gasteiger partial charge on any atom is -0.370 e. The molecule has 0 spiro atoms. The average molecular weight is 319 g/mol. The molecule has 4 nitrogen and oxygen atoms in total. The van der Waals surface area contributed by atoms with Crippen molar-refractivity contribution < 1.29 is 13.9 Å². The van der Waals surface area contributed by atoms with Crippen molar-refractivity contribution in [2.24, 2.45) is 5.73 Å². The monoisotopic (exact) mass is 318 g/mol. The van der Waals surface area contributed by atoms with Crippen molar-refractivity contribution >= 4 is 21.8 Å². The maximum atomic E-state index is 12.9. The van der Waals surface area contributed by atoms with Crippen LogP contribution in [0.1, 0.15) is 18.5 Å². The van der Waals surface area contributed by atoms with E-state index in [4.69, 9.17) is 10.5 Å². The maximum Gasteiger partial charge on any atom is 0.243 e. The third-order valence-electron chi connectivity index (χ3n) is 2.37. The van der Waals surface area contributed by atoms with Crippen LogP contribution in [0.2, 0.25) is 0 Å². The quantitative estimate of drug-likeness (QED) is 0.753. The van der Waals surface area contributed by atoms with Crippen molar-refractivity contribution in [3.8, 4) is 0 Å².